The summed E-state index contributed by atoms with van der Waals surface area (Å²) in [4.78, 5) is 27.1. The Kier molecular flexibility index (Phi) is 8.46. The SMILES string of the molecule is CC(C)O.COC(=O)c1ccc(OC2=COC3C(CCC4OCN(c5ccc6c(c5)OCCO6)CC43)C2=O)cc1. The van der Waals surface area contributed by atoms with Crippen LogP contribution >= 0.6 is 0 Å². The van der Waals surface area contributed by atoms with E-state index in [9.17, 15) is 9.59 Å². The Balaban J connectivity index is 0.000000758. The number of ketones is 1. The fraction of sp³-hybridized carbons (Fsp3) is 0.467. The summed E-state index contributed by atoms with van der Waals surface area (Å²) in [5.41, 5.74) is 1.39. The molecule has 0 radical (unpaired) electrons. The fourth-order valence-corrected chi connectivity index (χ4v) is 5.40. The van der Waals surface area contributed by atoms with Crippen molar-refractivity contribution in [3.63, 3.8) is 0 Å². The van der Waals surface area contributed by atoms with E-state index in [0.29, 0.717) is 44.2 Å². The second-order valence-electron chi connectivity index (χ2n) is 10.4. The Morgan fingerprint density at radius 2 is 1.77 bits per heavy atom. The molecule has 1 aliphatic carbocycles. The number of carbonyl (C=O) groups excluding carboxylic acids is 2. The van der Waals surface area contributed by atoms with Gasteiger partial charge in [-0.05, 0) is 63.1 Å². The van der Waals surface area contributed by atoms with Crippen LogP contribution in [-0.4, -0.2) is 68.8 Å². The van der Waals surface area contributed by atoms with Crippen LogP contribution in [0.4, 0.5) is 5.69 Å². The zero-order valence-electron chi connectivity index (χ0n) is 22.9. The largest absolute Gasteiger partial charge is 0.493 e. The Labute approximate surface area is 233 Å². The first kappa shape index (κ1) is 27.8. The van der Waals surface area contributed by atoms with Crippen molar-refractivity contribution >= 4 is 17.4 Å². The van der Waals surface area contributed by atoms with E-state index >= 15 is 0 Å². The van der Waals surface area contributed by atoms with Crippen molar-refractivity contribution in [2.24, 2.45) is 11.8 Å². The van der Waals surface area contributed by atoms with E-state index in [-0.39, 0.29) is 41.7 Å². The van der Waals surface area contributed by atoms with Gasteiger partial charge in [-0.25, -0.2) is 4.79 Å². The number of nitrogens with zero attached hydrogens (tertiary/aromatic N) is 1. The lowest BCUT2D eigenvalue weighted by atomic mass is 9.73. The van der Waals surface area contributed by atoms with Gasteiger partial charge in [-0.1, -0.05) is 0 Å². The van der Waals surface area contributed by atoms with E-state index in [1.807, 2.05) is 18.2 Å². The molecule has 4 unspecified atom stereocenters. The average molecular weight is 554 g/mol. The van der Waals surface area contributed by atoms with E-state index in [0.717, 1.165) is 23.6 Å². The van der Waals surface area contributed by atoms with Crippen LogP contribution in [0.5, 0.6) is 17.2 Å². The van der Waals surface area contributed by atoms with Gasteiger partial charge in [0.25, 0.3) is 0 Å². The molecule has 3 aliphatic heterocycles. The summed E-state index contributed by atoms with van der Waals surface area (Å²) in [6.07, 6.45) is 2.47. The smallest absolute Gasteiger partial charge is 0.337 e. The number of Topliss-reactive ketones (excluding diaryl/α,β-unsaturated/α-hetero) is 1. The van der Waals surface area contributed by atoms with Crippen LogP contribution < -0.4 is 19.1 Å². The van der Waals surface area contributed by atoms with Gasteiger partial charge in [0.2, 0.25) is 11.5 Å². The number of fused-ring (bicyclic) bond motifs is 4. The topological polar surface area (TPSA) is 113 Å². The Hall–Kier alpha value is -3.76. The van der Waals surface area contributed by atoms with Crippen LogP contribution in [0.25, 0.3) is 0 Å². The van der Waals surface area contributed by atoms with Gasteiger partial charge in [0.15, 0.2) is 11.5 Å². The Morgan fingerprint density at radius 1 is 1.05 bits per heavy atom. The van der Waals surface area contributed by atoms with Crippen molar-refractivity contribution in [2.45, 2.75) is 45.0 Å². The first-order chi connectivity index (χ1) is 19.3. The number of ether oxygens (including phenoxy) is 6. The molecule has 2 fully saturated rings. The maximum absolute atomic E-state index is 13.3. The van der Waals surface area contributed by atoms with Gasteiger partial charge < -0.3 is 38.4 Å². The highest BCUT2D eigenvalue weighted by Crippen LogP contribution is 2.42. The van der Waals surface area contributed by atoms with Crippen molar-refractivity contribution in [3.05, 3.63) is 60.0 Å². The molecule has 1 saturated heterocycles. The number of aliphatic hydroxyl groups excluding tert-OH is 1. The molecule has 0 spiro atoms. The van der Waals surface area contributed by atoms with Gasteiger partial charge in [-0.2, -0.15) is 0 Å². The fourth-order valence-electron chi connectivity index (χ4n) is 5.40. The molecule has 1 N–H and O–H groups in total. The maximum atomic E-state index is 13.3. The molecule has 0 bridgehead atoms. The quantitative estimate of drug-likeness (QED) is 0.562. The number of aliphatic hydroxyl groups is 1. The highest BCUT2D eigenvalue weighted by molar-refractivity contribution is 5.96. The molecule has 6 rings (SSSR count). The third-order valence-electron chi connectivity index (χ3n) is 7.24. The number of hydrogen-bond acceptors (Lipinski definition) is 10. The molecule has 40 heavy (non-hydrogen) atoms. The number of anilines is 1. The summed E-state index contributed by atoms with van der Waals surface area (Å²) >= 11 is 0. The number of carbonyl (C=O) groups is 2. The third kappa shape index (κ3) is 6.03. The highest BCUT2D eigenvalue weighted by atomic mass is 16.6. The predicted molar refractivity (Wildman–Crippen MR) is 144 cm³/mol. The van der Waals surface area contributed by atoms with Gasteiger partial charge >= 0.3 is 5.97 Å². The molecule has 10 nitrogen and oxygen atoms in total. The highest BCUT2D eigenvalue weighted by Gasteiger charge is 2.49. The summed E-state index contributed by atoms with van der Waals surface area (Å²) in [5, 5.41) is 8.06. The second kappa shape index (κ2) is 12.2. The molecule has 214 valence electrons. The molecule has 3 heterocycles. The number of benzene rings is 2. The molecule has 0 aromatic heterocycles. The standard InChI is InChI=1S/C27H27NO8.C3H8O/c1-31-27(30)16-2-5-18(6-3-16)36-24-14-34-26-19(25(24)29)7-9-21-20(26)13-28(15-35-21)17-4-8-22-23(12-17)33-11-10-32-22;1-3(2)4/h2-6,8,12,14,19-21,26H,7,9-11,13,15H2,1H3;3-4H,1-2H3. The van der Waals surface area contributed by atoms with Crippen molar-refractivity contribution in [3.8, 4) is 17.2 Å². The van der Waals surface area contributed by atoms with Crippen molar-refractivity contribution in [1.29, 1.82) is 0 Å². The summed E-state index contributed by atoms with van der Waals surface area (Å²) in [6, 6.07) is 12.3. The van der Waals surface area contributed by atoms with Gasteiger partial charge in [0, 0.05) is 30.3 Å². The number of allylic oxidation sites excluding steroid dienone is 1. The lowest BCUT2D eigenvalue weighted by Crippen LogP contribution is -2.57. The third-order valence-corrected chi connectivity index (χ3v) is 7.24. The minimum Gasteiger partial charge on any atom is -0.493 e. The van der Waals surface area contributed by atoms with Crippen LogP contribution in [-0.2, 0) is 19.0 Å². The summed E-state index contributed by atoms with van der Waals surface area (Å²) < 4.78 is 34.3. The molecule has 4 atom stereocenters. The summed E-state index contributed by atoms with van der Waals surface area (Å²) in [7, 11) is 1.33. The summed E-state index contributed by atoms with van der Waals surface area (Å²) in [5.74, 6) is 1.32. The molecule has 0 amide bonds. The zero-order valence-corrected chi connectivity index (χ0v) is 22.9. The van der Waals surface area contributed by atoms with Crippen LogP contribution in [0.3, 0.4) is 0 Å². The van der Waals surface area contributed by atoms with Gasteiger partial charge in [-0.15, -0.1) is 0 Å². The van der Waals surface area contributed by atoms with Crippen LogP contribution in [0.15, 0.2) is 54.5 Å². The van der Waals surface area contributed by atoms with Crippen LogP contribution in [0.1, 0.15) is 37.0 Å². The number of hydrogen-bond donors (Lipinski definition) is 1. The van der Waals surface area contributed by atoms with Gasteiger partial charge in [-0.3, -0.25) is 4.79 Å². The first-order valence-corrected chi connectivity index (χ1v) is 13.5. The van der Waals surface area contributed by atoms with Crippen LogP contribution in [0.2, 0.25) is 0 Å². The number of methoxy groups -OCH3 is 1. The van der Waals surface area contributed by atoms with Crippen molar-refractivity contribution in [2.75, 3.05) is 38.5 Å². The summed E-state index contributed by atoms with van der Waals surface area (Å²) in [6.45, 7) is 5.70. The van der Waals surface area contributed by atoms with E-state index in [1.165, 1.54) is 13.4 Å². The van der Waals surface area contributed by atoms with E-state index in [2.05, 4.69) is 4.90 Å². The average Bonchev–Trinajstić information content (AvgIpc) is 2.97. The Morgan fingerprint density at radius 3 is 2.50 bits per heavy atom. The lowest BCUT2D eigenvalue weighted by Gasteiger charge is -2.48. The monoisotopic (exact) mass is 553 g/mol. The van der Waals surface area contributed by atoms with Crippen molar-refractivity contribution in [1.82, 2.24) is 0 Å². The zero-order chi connectivity index (χ0) is 28.2. The van der Waals surface area contributed by atoms with E-state index in [1.54, 1.807) is 38.1 Å². The minimum absolute atomic E-state index is 0.0341. The second-order valence-corrected chi connectivity index (χ2v) is 10.4. The molecule has 1 saturated carbocycles. The van der Waals surface area contributed by atoms with E-state index < -0.39 is 5.97 Å². The van der Waals surface area contributed by atoms with Gasteiger partial charge in [0.1, 0.15) is 38.1 Å². The minimum atomic E-state index is -0.433. The molecule has 10 heteroatoms. The molecule has 2 aromatic rings. The molecule has 2 aromatic carbocycles. The normalized spacial score (nSPS) is 24.9. The molecule has 4 aliphatic rings. The van der Waals surface area contributed by atoms with Gasteiger partial charge in [0.05, 0.1) is 24.7 Å². The van der Waals surface area contributed by atoms with E-state index in [4.69, 9.17) is 33.5 Å². The number of esters is 1. The molecular weight excluding hydrogens is 518 g/mol. The van der Waals surface area contributed by atoms with Crippen molar-refractivity contribution < 1.29 is 43.1 Å². The predicted octanol–water partition coefficient (Wildman–Crippen LogP) is 3.71. The number of rotatable bonds is 4. The Bertz CT molecular complexity index is 1240. The first-order valence-electron chi connectivity index (χ1n) is 13.5. The maximum Gasteiger partial charge on any atom is 0.337 e. The molecular formula is C30H35NO9. The lowest BCUT2D eigenvalue weighted by molar-refractivity contribution is -0.146. The van der Waals surface area contributed by atoms with Crippen LogP contribution in [0, 0.1) is 11.8 Å².